The third-order valence-electron chi connectivity index (χ3n) is 2.23. The van der Waals surface area contributed by atoms with Crippen LogP contribution in [0.3, 0.4) is 0 Å². The highest BCUT2D eigenvalue weighted by Crippen LogP contribution is 2.13. The van der Waals surface area contributed by atoms with E-state index in [0.717, 1.165) is 5.69 Å². The van der Waals surface area contributed by atoms with Crippen molar-refractivity contribution in [1.82, 2.24) is 20.2 Å². The molecule has 18 heavy (non-hydrogen) atoms. The lowest BCUT2D eigenvalue weighted by molar-refractivity contribution is 0.600. The number of anilines is 1. The molecule has 0 spiro atoms. The lowest BCUT2D eigenvalue weighted by atomic mass is 10.3. The second-order valence-electron chi connectivity index (χ2n) is 3.72. The molecule has 0 aliphatic rings. The van der Waals surface area contributed by atoms with E-state index < -0.39 is 10.0 Å². The average Bonchev–Trinajstić information content (AvgIpc) is 2.82. The molecule has 0 atom stereocenters. The first-order chi connectivity index (χ1) is 8.61. The number of rotatable bonds is 5. The zero-order valence-electron chi connectivity index (χ0n) is 9.81. The van der Waals surface area contributed by atoms with E-state index in [1.54, 1.807) is 24.3 Å². The molecule has 1 aromatic heterocycles. The maximum Gasteiger partial charge on any atom is 0.232 e. The molecule has 0 amide bonds. The molecule has 0 fully saturated rings. The number of tetrazole rings is 1. The van der Waals surface area contributed by atoms with Gasteiger partial charge in [-0.25, -0.2) is 13.1 Å². The topological polar surface area (TPSA) is 89.8 Å². The third kappa shape index (κ3) is 3.04. The van der Waals surface area contributed by atoms with Crippen molar-refractivity contribution >= 4 is 15.7 Å². The van der Waals surface area contributed by atoms with E-state index in [1.165, 1.54) is 11.0 Å². The van der Waals surface area contributed by atoms with E-state index >= 15 is 0 Å². The van der Waals surface area contributed by atoms with Gasteiger partial charge in [0.2, 0.25) is 10.0 Å². The van der Waals surface area contributed by atoms with Crippen LogP contribution in [0.5, 0.6) is 0 Å². The van der Waals surface area contributed by atoms with Crippen molar-refractivity contribution in [3.05, 3.63) is 30.6 Å². The van der Waals surface area contributed by atoms with E-state index in [0.29, 0.717) is 12.1 Å². The van der Waals surface area contributed by atoms with E-state index in [1.807, 2.05) is 6.92 Å². The predicted octanol–water partition coefficient (Wildman–Crippen LogP) is 0.814. The van der Waals surface area contributed by atoms with Crippen LogP contribution >= 0.6 is 0 Å². The van der Waals surface area contributed by atoms with Gasteiger partial charge in [0.1, 0.15) is 6.33 Å². The van der Waals surface area contributed by atoms with Gasteiger partial charge in [-0.1, -0.05) is 6.92 Å². The van der Waals surface area contributed by atoms with Crippen LogP contribution in [-0.4, -0.2) is 34.4 Å². The summed E-state index contributed by atoms with van der Waals surface area (Å²) in [6.45, 7) is 1.82. The Hall–Kier alpha value is -1.96. The molecule has 0 aliphatic carbocycles. The molecule has 96 valence electrons. The van der Waals surface area contributed by atoms with Crippen LogP contribution in [-0.2, 0) is 10.0 Å². The third-order valence-corrected chi connectivity index (χ3v) is 3.72. The van der Waals surface area contributed by atoms with Gasteiger partial charge in [0, 0.05) is 5.69 Å². The number of benzene rings is 1. The first kappa shape index (κ1) is 12.5. The molecular formula is C10H13N5O2S. The van der Waals surface area contributed by atoms with Crippen LogP contribution in [0, 0.1) is 0 Å². The van der Waals surface area contributed by atoms with Gasteiger partial charge >= 0.3 is 0 Å². The van der Waals surface area contributed by atoms with Gasteiger partial charge in [-0.15, -0.1) is 5.10 Å². The summed E-state index contributed by atoms with van der Waals surface area (Å²) in [5.74, 6) is 0.113. The summed E-state index contributed by atoms with van der Waals surface area (Å²) in [6.07, 6.45) is 2.05. The fourth-order valence-corrected chi connectivity index (χ4v) is 2.60. The van der Waals surface area contributed by atoms with Crippen LogP contribution in [0.25, 0.3) is 5.69 Å². The Labute approximate surface area is 105 Å². The van der Waals surface area contributed by atoms with Gasteiger partial charge in [0.15, 0.2) is 0 Å². The lowest BCUT2D eigenvalue weighted by Crippen LogP contribution is -2.16. The first-order valence-electron chi connectivity index (χ1n) is 5.44. The van der Waals surface area contributed by atoms with Gasteiger partial charge in [0.05, 0.1) is 11.4 Å². The number of sulfonamides is 1. The maximum atomic E-state index is 11.6. The molecule has 2 aromatic rings. The van der Waals surface area contributed by atoms with Gasteiger partial charge in [-0.2, -0.15) is 0 Å². The number of nitrogens with one attached hydrogen (secondary N) is 1. The minimum absolute atomic E-state index is 0.113. The predicted molar refractivity (Wildman–Crippen MR) is 66.9 cm³/mol. The smallest absolute Gasteiger partial charge is 0.232 e. The fourth-order valence-electron chi connectivity index (χ4n) is 1.46. The fraction of sp³-hybridized carbons (Fsp3) is 0.300. The van der Waals surface area contributed by atoms with E-state index in [-0.39, 0.29) is 5.75 Å². The lowest BCUT2D eigenvalue weighted by Gasteiger charge is -2.07. The standard InChI is InChI=1S/C10H13N5O2S/c1-2-7-18(16,17)12-9-3-5-10(6-4-9)15-8-11-13-14-15/h3-6,8,12H,2,7H2,1H3. The van der Waals surface area contributed by atoms with Crippen molar-refractivity contribution in [2.24, 2.45) is 0 Å². The molecule has 0 saturated carbocycles. The van der Waals surface area contributed by atoms with Crippen LogP contribution in [0.4, 0.5) is 5.69 Å². The molecule has 0 saturated heterocycles. The molecule has 0 unspecified atom stereocenters. The highest BCUT2D eigenvalue weighted by Gasteiger charge is 2.08. The first-order valence-corrected chi connectivity index (χ1v) is 7.10. The number of nitrogens with zero attached hydrogens (tertiary/aromatic N) is 4. The summed E-state index contributed by atoms with van der Waals surface area (Å²) in [6, 6.07) is 6.81. The highest BCUT2D eigenvalue weighted by atomic mass is 32.2. The average molecular weight is 267 g/mol. The van der Waals surface area contributed by atoms with Crippen molar-refractivity contribution in [2.45, 2.75) is 13.3 Å². The minimum Gasteiger partial charge on any atom is -0.284 e. The summed E-state index contributed by atoms with van der Waals surface area (Å²) < 4.78 is 27.1. The number of hydrogen-bond acceptors (Lipinski definition) is 5. The van der Waals surface area contributed by atoms with Crippen LogP contribution in [0.2, 0.25) is 0 Å². The number of hydrogen-bond donors (Lipinski definition) is 1. The second-order valence-corrected chi connectivity index (χ2v) is 5.56. The molecule has 0 radical (unpaired) electrons. The van der Waals surface area contributed by atoms with Crippen molar-refractivity contribution in [2.75, 3.05) is 10.5 Å². The maximum absolute atomic E-state index is 11.6. The Morgan fingerprint density at radius 1 is 1.28 bits per heavy atom. The molecule has 0 bridgehead atoms. The zero-order chi connectivity index (χ0) is 13.0. The molecule has 0 aliphatic heterocycles. The summed E-state index contributed by atoms with van der Waals surface area (Å²) >= 11 is 0. The largest absolute Gasteiger partial charge is 0.284 e. The van der Waals surface area contributed by atoms with Gasteiger partial charge in [0.25, 0.3) is 0 Å². The van der Waals surface area contributed by atoms with Gasteiger partial charge < -0.3 is 0 Å². The van der Waals surface area contributed by atoms with Gasteiger partial charge in [-0.05, 0) is 41.1 Å². The minimum atomic E-state index is -3.25. The summed E-state index contributed by atoms with van der Waals surface area (Å²) in [4.78, 5) is 0. The van der Waals surface area contributed by atoms with Gasteiger partial charge in [-0.3, -0.25) is 4.72 Å². The highest BCUT2D eigenvalue weighted by molar-refractivity contribution is 7.92. The van der Waals surface area contributed by atoms with Crippen LogP contribution in [0.1, 0.15) is 13.3 Å². The molecule has 2 rings (SSSR count). The van der Waals surface area contributed by atoms with Crippen molar-refractivity contribution in [3.8, 4) is 5.69 Å². The van der Waals surface area contributed by atoms with E-state index in [9.17, 15) is 8.42 Å². The van der Waals surface area contributed by atoms with Crippen molar-refractivity contribution in [1.29, 1.82) is 0 Å². The Kier molecular flexibility index (Phi) is 3.56. The Bertz CT molecular complexity index is 592. The molecular weight excluding hydrogens is 254 g/mol. The Balaban J connectivity index is 2.14. The van der Waals surface area contributed by atoms with E-state index in [2.05, 4.69) is 20.2 Å². The second kappa shape index (κ2) is 5.13. The molecule has 1 heterocycles. The monoisotopic (exact) mass is 267 g/mol. The normalized spacial score (nSPS) is 11.4. The molecule has 1 aromatic carbocycles. The Morgan fingerprint density at radius 2 is 2.00 bits per heavy atom. The summed E-state index contributed by atoms with van der Waals surface area (Å²) in [5.41, 5.74) is 1.29. The number of aromatic nitrogens is 4. The summed E-state index contributed by atoms with van der Waals surface area (Å²) in [7, 11) is -3.25. The molecule has 1 N–H and O–H groups in total. The van der Waals surface area contributed by atoms with E-state index in [4.69, 9.17) is 0 Å². The van der Waals surface area contributed by atoms with Crippen molar-refractivity contribution < 1.29 is 8.42 Å². The zero-order valence-corrected chi connectivity index (χ0v) is 10.6. The Morgan fingerprint density at radius 3 is 2.56 bits per heavy atom. The van der Waals surface area contributed by atoms with Crippen molar-refractivity contribution in [3.63, 3.8) is 0 Å². The molecule has 7 nitrogen and oxygen atoms in total. The van der Waals surface area contributed by atoms with Crippen LogP contribution in [0.15, 0.2) is 30.6 Å². The SMILES string of the molecule is CCCS(=O)(=O)Nc1ccc(-n2cnnn2)cc1. The summed E-state index contributed by atoms with van der Waals surface area (Å²) in [5, 5.41) is 10.8. The van der Waals surface area contributed by atoms with Crippen LogP contribution < -0.4 is 4.72 Å². The quantitative estimate of drug-likeness (QED) is 0.866. The molecule has 8 heteroatoms.